The number of carbonyl (C=O) groups excluding carboxylic acids is 1. The number of hydrazone groups is 1. The van der Waals surface area contributed by atoms with Crippen LogP contribution >= 0.6 is 35.0 Å². The Morgan fingerprint density at radius 1 is 1.36 bits per heavy atom. The number of thioether (sulfide) groups is 1. The predicted molar refractivity (Wildman–Crippen MR) is 103 cm³/mol. The third-order valence-electron chi connectivity index (χ3n) is 4.58. The molecule has 3 aliphatic rings. The molecule has 0 radical (unpaired) electrons. The fraction of sp³-hybridized carbons (Fsp3) is 0.353. The highest BCUT2D eigenvalue weighted by atomic mass is 35.5. The molecule has 0 N–H and O–H groups in total. The van der Waals surface area contributed by atoms with Gasteiger partial charge < -0.3 is 4.90 Å². The Hall–Kier alpha value is -1.34. The van der Waals surface area contributed by atoms with Gasteiger partial charge in [-0.3, -0.25) is 9.79 Å². The maximum Gasteiger partial charge on any atom is 0.258 e. The first kappa shape index (κ1) is 17.1. The lowest BCUT2D eigenvalue weighted by Gasteiger charge is -2.28. The molecular formula is C17H16Cl2N4OS. The lowest BCUT2D eigenvalue weighted by molar-refractivity contribution is -0.130. The second kappa shape index (κ2) is 6.76. The zero-order chi connectivity index (χ0) is 17.6. The van der Waals surface area contributed by atoms with Gasteiger partial charge in [0.2, 0.25) is 0 Å². The van der Waals surface area contributed by atoms with Gasteiger partial charge in [0.25, 0.3) is 5.91 Å². The fourth-order valence-corrected chi connectivity index (χ4v) is 5.25. The van der Waals surface area contributed by atoms with Crippen molar-refractivity contribution in [1.29, 1.82) is 0 Å². The van der Waals surface area contributed by atoms with E-state index in [4.69, 9.17) is 23.2 Å². The number of carbonyl (C=O) groups is 1. The predicted octanol–water partition coefficient (Wildman–Crippen LogP) is 3.48. The highest BCUT2D eigenvalue weighted by Gasteiger charge is 2.45. The molecule has 2 unspecified atom stereocenters. The second-order valence-electron chi connectivity index (χ2n) is 6.25. The van der Waals surface area contributed by atoms with Gasteiger partial charge in [0.05, 0.1) is 22.2 Å². The molecule has 0 bridgehead atoms. The van der Waals surface area contributed by atoms with Crippen molar-refractivity contribution < 1.29 is 4.79 Å². The Balaban J connectivity index is 1.59. The molecule has 0 aliphatic carbocycles. The van der Waals surface area contributed by atoms with Gasteiger partial charge in [-0.15, -0.1) is 11.8 Å². The van der Waals surface area contributed by atoms with E-state index >= 15 is 0 Å². The van der Waals surface area contributed by atoms with Crippen molar-refractivity contribution in [3.8, 4) is 0 Å². The van der Waals surface area contributed by atoms with Crippen molar-refractivity contribution in [2.24, 2.45) is 16.0 Å². The molecule has 3 heterocycles. The van der Waals surface area contributed by atoms with Crippen molar-refractivity contribution in [3.05, 3.63) is 44.3 Å². The third kappa shape index (κ3) is 3.12. The van der Waals surface area contributed by atoms with Crippen LogP contribution < -0.4 is 0 Å². The quantitative estimate of drug-likeness (QED) is 0.721. The van der Waals surface area contributed by atoms with E-state index in [0.29, 0.717) is 15.6 Å². The summed E-state index contributed by atoms with van der Waals surface area (Å²) < 4.78 is 0. The van der Waals surface area contributed by atoms with Crippen molar-refractivity contribution >= 4 is 53.4 Å². The molecule has 25 heavy (non-hydrogen) atoms. The summed E-state index contributed by atoms with van der Waals surface area (Å²) in [5.74, 6) is -0.251. The number of hydrogen-bond acceptors (Lipinski definition) is 5. The lowest BCUT2D eigenvalue weighted by Crippen LogP contribution is -2.40. The van der Waals surface area contributed by atoms with Gasteiger partial charge in [-0.25, -0.2) is 0 Å². The largest absolute Gasteiger partial charge is 0.301 e. The number of benzene rings is 1. The van der Waals surface area contributed by atoms with Crippen LogP contribution in [0.15, 0.2) is 38.8 Å². The van der Waals surface area contributed by atoms with Crippen LogP contribution in [-0.4, -0.2) is 53.9 Å². The van der Waals surface area contributed by atoms with Gasteiger partial charge in [-0.2, -0.15) is 10.1 Å². The monoisotopic (exact) mass is 394 g/mol. The molecule has 0 spiro atoms. The minimum atomic E-state index is -0.211. The van der Waals surface area contributed by atoms with Gasteiger partial charge in [0, 0.05) is 23.6 Å². The minimum absolute atomic E-state index is 0.0403. The van der Waals surface area contributed by atoms with Crippen LogP contribution in [-0.2, 0) is 4.79 Å². The molecule has 3 aliphatic heterocycles. The number of hydrogen-bond donors (Lipinski definition) is 0. The van der Waals surface area contributed by atoms with Crippen molar-refractivity contribution in [1.82, 2.24) is 9.91 Å². The van der Waals surface area contributed by atoms with E-state index in [1.165, 1.54) is 28.0 Å². The average molecular weight is 395 g/mol. The highest BCUT2D eigenvalue weighted by molar-refractivity contribution is 8.04. The van der Waals surface area contributed by atoms with Crippen LogP contribution in [0.2, 0.25) is 10.0 Å². The molecule has 8 heteroatoms. The first-order valence-electron chi connectivity index (χ1n) is 7.96. The number of nitrogens with zero attached hydrogens (tertiary/aromatic N) is 4. The molecule has 1 aromatic carbocycles. The molecule has 0 aromatic heterocycles. The maximum absolute atomic E-state index is 12.9. The molecular weight excluding hydrogens is 379 g/mol. The van der Waals surface area contributed by atoms with Crippen LogP contribution in [0.4, 0.5) is 0 Å². The summed E-state index contributed by atoms with van der Waals surface area (Å²) in [7, 11) is 2.10. The van der Waals surface area contributed by atoms with Gasteiger partial charge in [0.15, 0.2) is 0 Å². The molecule has 0 saturated carbocycles. The molecule has 1 aromatic rings. The number of likely N-dealkylation sites (N-methyl/N-ethyl adjacent to an activating group) is 1. The number of amides is 1. The zero-order valence-electron chi connectivity index (χ0n) is 13.5. The standard InChI is InChI=1S/C17H16Cl2N4OS/c1-22-6-5-10-14(8-22)25-16-15(10)17(24)23(9-20-16)21-7-11-12(18)3-2-4-13(11)19/h2-4,7,9,15-16H,5-6,8H2,1H3/b21-7+. The van der Waals surface area contributed by atoms with Crippen molar-refractivity contribution in [2.75, 3.05) is 20.1 Å². The third-order valence-corrected chi connectivity index (χ3v) is 6.55. The van der Waals surface area contributed by atoms with E-state index in [2.05, 4.69) is 22.0 Å². The van der Waals surface area contributed by atoms with Crippen molar-refractivity contribution in [3.63, 3.8) is 0 Å². The first-order valence-corrected chi connectivity index (χ1v) is 9.59. The van der Waals surface area contributed by atoms with Gasteiger partial charge in [0.1, 0.15) is 11.7 Å². The molecule has 2 atom stereocenters. The number of fused-ring (bicyclic) bond motifs is 2. The van der Waals surface area contributed by atoms with E-state index in [1.54, 1.807) is 30.0 Å². The number of rotatable bonds is 2. The van der Waals surface area contributed by atoms with E-state index < -0.39 is 0 Å². The SMILES string of the molecule is CN1CCC2=C(C1)SC1N=CN(/N=C/c3c(Cl)cccc3Cl)C(=O)C21. The first-order chi connectivity index (χ1) is 12.0. The van der Waals surface area contributed by atoms with Crippen LogP contribution in [0.3, 0.4) is 0 Å². The van der Waals surface area contributed by atoms with Gasteiger partial charge in [-0.1, -0.05) is 29.3 Å². The Labute approximate surface area is 160 Å². The number of aliphatic imine (C=N–C) groups is 1. The Morgan fingerprint density at radius 2 is 2.12 bits per heavy atom. The topological polar surface area (TPSA) is 48.3 Å². The maximum atomic E-state index is 12.9. The number of halogens is 2. The van der Waals surface area contributed by atoms with Crippen molar-refractivity contribution in [2.45, 2.75) is 11.8 Å². The van der Waals surface area contributed by atoms with E-state index in [-0.39, 0.29) is 17.2 Å². The molecule has 0 saturated heterocycles. The van der Waals surface area contributed by atoms with Crippen LogP contribution in [0.25, 0.3) is 0 Å². The average Bonchev–Trinajstić information content (AvgIpc) is 2.94. The Bertz CT molecular complexity index is 803. The normalized spacial score (nSPS) is 26.5. The highest BCUT2D eigenvalue weighted by Crippen LogP contribution is 2.47. The van der Waals surface area contributed by atoms with Gasteiger partial charge >= 0.3 is 0 Å². The van der Waals surface area contributed by atoms with Crippen LogP contribution in [0.1, 0.15) is 12.0 Å². The molecule has 5 nitrogen and oxygen atoms in total. The summed E-state index contributed by atoms with van der Waals surface area (Å²) in [6.45, 7) is 1.87. The van der Waals surface area contributed by atoms with E-state index in [1.807, 2.05) is 0 Å². The summed E-state index contributed by atoms with van der Waals surface area (Å²) in [6, 6.07) is 5.24. The summed E-state index contributed by atoms with van der Waals surface area (Å²) >= 11 is 14.0. The molecule has 0 fully saturated rings. The van der Waals surface area contributed by atoms with E-state index in [9.17, 15) is 4.79 Å². The Kier molecular flexibility index (Phi) is 4.62. The van der Waals surface area contributed by atoms with Gasteiger partial charge in [-0.05, 0) is 31.2 Å². The van der Waals surface area contributed by atoms with Crippen LogP contribution in [0, 0.1) is 5.92 Å². The zero-order valence-corrected chi connectivity index (χ0v) is 15.9. The summed E-state index contributed by atoms with van der Waals surface area (Å²) in [4.78, 5) is 21.0. The Morgan fingerprint density at radius 3 is 2.88 bits per heavy atom. The minimum Gasteiger partial charge on any atom is -0.301 e. The summed E-state index contributed by atoms with van der Waals surface area (Å²) in [5.41, 5.74) is 1.82. The molecule has 130 valence electrons. The summed E-state index contributed by atoms with van der Waals surface area (Å²) in [5, 5.41) is 6.50. The lowest BCUT2D eigenvalue weighted by atomic mass is 9.92. The smallest absolute Gasteiger partial charge is 0.258 e. The summed E-state index contributed by atoms with van der Waals surface area (Å²) in [6.07, 6.45) is 3.93. The molecule has 1 amide bonds. The van der Waals surface area contributed by atoms with Crippen LogP contribution in [0.5, 0.6) is 0 Å². The fourth-order valence-electron chi connectivity index (χ4n) is 3.26. The van der Waals surface area contributed by atoms with E-state index in [0.717, 1.165) is 19.5 Å². The molecule has 4 rings (SSSR count). The second-order valence-corrected chi connectivity index (χ2v) is 8.28.